The maximum absolute atomic E-state index is 11.7. The molecule has 2 aromatic heterocycles. The first-order valence-corrected chi connectivity index (χ1v) is 8.16. The van der Waals surface area contributed by atoms with Crippen LogP contribution in [0.2, 0.25) is 0 Å². The van der Waals surface area contributed by atoms with E-state index in [0.29, 0.717) is 5.69 Å². The van der Waals surface area contributed by atoms with Crippen LogP contribution in [0.1, 0.15) is 37.2 Å². The van der Waals surface area contributed by atoms with Gasteiger partial charge in [-0.3, -0.25) is 10.1 Å². The molecule has 0 aromatic carbocycles. The number of amides is 1. The van der Waals surface area contributed by atoms with E-state index in [2.05, 4.69) is 15.5 Å². The highest BCUT2D eigenvalue weighted by Gasteiger charge is 2.19. The molecule has 0 spiro atoms. The summed E-state index contributed by atoms with van der Waals surface area (Å²) in [5.41, 5.74) is 1.21. The summed E-state index contributed by atoms with van der Waals surface area (Å²) in [5.74, 6) is -0.906. The molecule has 0 unspecified atom stereocenters. The Morgan fingerprint density at radius 3 is 2.75 bits per heavy atom. The summed E-state index contributed by atoms with van der Waals surface area (Å²) in [4.78, 5) is 27.5. The average Bonchev–Trinajstić information content (AvgIpc) is 3.11. The fourth-order valence-electron chi connectivity index (χ4n) is 1.66. The zero-order chi connectivity index (χ0) is 17.7. The lowest BCUT2D eigenvalue weighted by Crippen LogP contribution is -2.19. The Bertz CT molecular complexity index is 755. The largest absolute Gasteiger partial charge is 0.452 e. The van der Waals surface area contributed by atoms with E-state index >= 15 is 0 Å². The van der Waals surface area contributed by atoms with Crippen molar-refractivity contribution >= 4 is 35.2 Å². The van der Waals surface area contributed by atoms with E-state index in [-0.39, 0.29) is 11.3 Å². The van der Waals surface area contributed by atoms with Gasteiger partial charge in [0.15, 0.2) is 6.61 Å². The molecule has 2 rings (SSSR count). The average molecular weight is 349 g/mol. The first kappa shape index (κ1) is 17.9. The Kier molecular flexibility index (Phi) is 5.50. The van der Waals surface area contributed by atoms with Crippen molar-refractivity contribution in [3.63, 3.8) is 0 Å². The van der Waals surface area contributed by atoms with Crippen LogP contribution in [0, 0.1) is 6.92 Å². The summed E-state index contributed by atoms with van der Waals surface area (Å²) in [7, 11) is 0. The molecule has 0 atom stereocenters. The van der Waals surface area contributed by atoms with E-state index in [4.69, 9.17) is 9.26 Å². The summed E-state index contributed by atoms with van der Waals surface area (Å²) >= 11 is 1.48. The number of hydrogen-bond donors (Lipinski definition) is 1. The number of anilines is 1. The summed E-state index contributed by atoms with van der Waals surface area (Å²) in [6.07, 6.45) is 2.77. The molecule has 1 N–H and O–H groups in total. The zero-order valence-corrected chi connectivity index (χ0v) is 14.8. The molecule has 0 saturated heterocycles. The molecule has 24 heavy (non-hydrogen) atoms. The third-order valence-electron chi connectivity index (χ3n) is 2.91. The highest BCUT2D eigenvalue weighted by Crippen LogP contribution is 2.23. The van der Waals surface area contributed by atoms with Crippen molar-refractivity contribution in [1.82, 2.24) is 10.1 Å². The molecule has 1 amide bonds. The Morgan fingerprint density at radius 2 is 2.17 bits per heavy atom. The van der Waals surface area contributed by atoms with Gasteiger partial charge in [-0.1, -0.05) is 25.9 Å². The fraction of sp³-hybridized carbons (Fsp3) is 0.375. The number of nitrogens with one attached hydrogen (secondary N) is 1. The number of ether oxygens (including phenoxy) is 1. The van der Waals surface area contributed by atoms with Crippen molar-refractivity contribution < 1.29 is 18.8 Å². The summed E-state index contributed by atoms with van der Waals surface area (Å²) in [6, 6.07) is 1.64. The Hall–Kier alpha value is -2.48. The number of carbonyl (C=O) groups excluding carboxylic acids is 2. The Morgan fingerprint density at radius 1 is 1.42 bits per heavy atom. The highest BCUT2D eigenvalue weighted by atomic mass is 32.1. The molecule has 2 heterocycles. The number of nitrogens with zero attached hydrogens (tertiary/aromatic N) is 2. The Labute approximate surface area is 143 Å². The minimum atomic E-state index is -0.622. The molecular weight excluding hydrogens is 330 g/mol. The summed E-state index contributed by atoms with van der Waals surface area (Å²) in [5, 5.41) is 9.10. The van der Waals surface area contributed by atoms with Gasteiger partial charge in [-0.05, 0) is 13.0 Å². The van der Waals surface area contributed by atoms with E-state index in [9.17, 15) is 9.59 Å². The van der Waals surface area contributed by atoms with Crippen LogP contribution in [-0.4, -0.2) is 28.6 Å². The van der Waals surface area contributed by atoms with Gasteiger partial charge < -0.3 is 9.26 Å². The second-order valence-corrected chi connectivity index (χ2v) is 7.17. The van der Waals surface area contributed by atoms with Crippen LogP contribution in [0.4, 0.5) is 5.88 Å². The lowest BCUT2D eigenvalue weighted by Gasteiger charge is -2.12. The third-order valence-corrected chi connectivity index (χ3v) is 3.71. The first-order valence-electron chi connectivity index (χ1n) is 7.28. The number of carbonyl (C=O) groups is 2. The van der Waals surface area contributed by atoms with Crippen LogP contribution in [0.25, 0.3) is 6.08 Å². The van der Waals surface area contributed by atoms with Gasteiger partial charge in [0.25, 0.3) is 5.91 Å². The van der Waals surface area contributed by atoms with Gasteiger partial charge in [-0.15, -0.1) is 11.3 Å². The van der Waals surface area contributed by atoms with Crippen molar-refractivity contribution in [1.29, 1.82) is 0 Å². The van der Waals surface area contributed by atoms with Crippen molar-refractivity contribution in [3.05, 3.63) is 33.9 Å². The number of aromatic nitrogens is 2. The molecule has 0 bridgehead atoms. The Balaban J connectivity index is 1.79. The molecule has 8 heteroatoms. The van der Waals surface area contributed by atoms with Gasteiger partial charge in [0.2, 0.25) is 5.88 Å². The van der Waals surface area contributed by atoms with Crippen LogP contribution in [0.5, 0.6) is 0 Å². The number of thiazole rings is 1. The first-order chi connectivity index (χ1) is 11.2. The summed E-state index contributed by atoms with van der Waals surface area (Å²) in [6.45, 7) is 7.40. The summed E-state index contributed by atoms with van der Waals surface area (Å²) < 4.78 is 9.89. The van der Waals surface area contributed by atoms with Gasteiger partial charge in [0.1, 0.15) is 0 Å². The maximum atomic E-state index is 11.7. The van der Waals surface area contributed by atoms with Crippen LogP contribution in [0.3, 0.4) is 0 Å². The predicted octanol–water partition coefficient (Wildman–Crippen LogP) is 2.93. The van der Waals surface area contributed by atoms with Crippen molar-refractivity contribution in [2.45, 2.75) is 33.1 Å². The number of esters is 1. The van der Waals surface area contributed by atoms with Crippen LogP contribution in [0.15, 0.2) is 22.0 Å². The van der Waals surface area contributed by atoms with Crippen molar-refractivity contribution in [2.75, 3.05) is 11.9 Å². The molecule has 0 aliphatic rings. The van der Waals surface area contributed by atoms with Crippen LogP contribution < -0.4 is 5.32 Å². The predicted molar refractivity (Wildman–Crippen MR) is 90.7 cm³/mol. The number of aryl methyl sites for hydroxylation is 1. The lowest BCUT2D eigenvalue weighted by atomic mass is 9.92. The SMILES string of the molecule is Cc1nc(/C=C/C(=O)OCC(=O)Nc2cc(C(C)(C)C)no2)cs1. The molecule has 0 fully saturated rings. The molecule has 7 nitrogen and oxygen atoms in total. The number of rotatable bonds is 5. The molecule has 0 aliphatic heterocycles. The lowest BCUT2D eigenvalue weighted by molar-refractivity contribution is -0.142. The van der Waals surface area contributed by atoms with Gasteiger partial charge in [-0.2, -0.15) is 0 Å². The van der Waals surface area contributed by atoms with E-state index in [1.807, 2.05) is 33.1 Å². The second-order valence-electron chi connectivity index (χ2n) is 6.11. The topological polar surface area (TPSA) is 94.3 Å². The van der Waals surface area contributed by atoms with Gasteiger partial charge in [0, 0.05) is 22.9 Å². The van der Waals surface area contributed by atoms with Gasteiger partial charge in [-0.25, -0.2) is 9.78 Å². The smallest absolute Gasteiger partial charge is 0.331 e. The second kappa shape index (κ2) is 7.39. The minimum Gasteiger partial charge on any atom is -0.452 e. The van der Waals surface area contributed by atoms with E-state index in [1.165, 1.54) is 23.5 Å². The molecule has 0 radical (unpaired) electrons. The number of hydrogen-bond acceptors (Lipinski definition) is 7. The van der Waals surface area contributed by atoms with Crippen molar-refractivity contribution in [3.8, 4) is 0 Å². The molecule has 2 aromatic rings. The fourth-order valence-corrected chi connectivity index (χ4v) is 2.24. The highest BCUT2D eigenvalue weighted by molar-refractivity contribution is 7.09. The van der Waals surface area contributed by atoms with Gasteiger partial charge >= 0.3 is 5.97 Å². The van der Waals surface area contributed by atoms with Crippen LogP contribution >= 0.6 is 11.3 Å². The normalized spacial score (nSPS) is 11.7. The van der Waals surface area contributed by atoms with Gasteiger partial charge in [0.05, 0.1) is 16.4 Å². The third kappa shape index (κ3) is 5.31. The maximum Gasteiger partial charge on any atom is 0.331 e. The van der Waals surface area contributed by atoms with E-state index in [1.54, 1.807) is 6.07 Å². The van der Waals surface area contributed by atoms with Crippen LogP contribution in [-0.2, 0) is 19.7 Å². The molecule has 128 valence electrons. The van der Waals surface area contributed by atoms with E-state index < -0.39 is 18.5 Å². The molecular formula is C16H19N3O4S. The van der Waals surface area contributed by atoms with E-state index in [0.717, 1.165) is 10.7 Å². The monoisotopic (exact) mass is 349 g/mol. The standard InChI is InChI=1S/C16H19N3O4S/c1-10-17-11(9-24-10)5-6-15(21)22-8-13(20)18-14-7-12(19-23-14)16(2,3)4/h5-7,9H,8H2,1-4H3,(H,18,20)/b6-5+. The van der Waals surface area contributed by atoms with Crippen molar-refractivity contribution in [2.24, 2.45) is 0 Å². The molecule has 0 aliphatic carbocycles. The minimum absolute atomic E-state index is 0.183. The molecule has 0 saturated carbocycles. The quantitative estimate of drug-likeness (QED) is 0.659. The zero-order valence-electron chi connectivity index (χ0n) is 14.0.